The van der Waals surface area contributed by atoms with Crippen molar-refractivity contribution in [3.8, 4) is 11.4 Å². The number of hydrogen-bond acceptors (Lipinski definition) is 5. The van der Waals surface area contributed by atoms with Crippen LogP contribution >= 0.6 is 11.6 Å². The monoisotopic (exact) mass is 532 g/mol. The van der Waals surface area contributed by atoms with E-state index in [2.05, 4.69) is 15.5 Å². The SMILES string of the molecule is O=C(N[C@@H](Cc1cccc(F)c1)CN1C(=O)c2ccccc2C1=O)c1cc2n(n1)CCCn1ncc(Cl)c1-2. The third-order valence-corrected chi connectivity index (χ3v) is 7.05. The Morgan fingerprint density at radius 1 is 1.03 bits per heavy atom. The summed E-state index contributed by atoms with van der Waals surface area (Å²) >= 11 is 6.37. The maximum Gasteiger partial charge on any atom is 0.272 e. The lowest BCUT2D eigenvalue weighted by Crippen LogP contribution is -2.47. The number of fused-ring (bicyclic) bond motifs is 4. The second-order valence-corrected chi connectivity index (χ2v) is 9.73. The van der Waals surface area contributed by atoms with Crippen molar-refractivity contribution < 1.29 is 18.8 Å². The first kappa shape index (κ1) is 24.1. The molecule has 1 N–H and O–H groups in total. The lowest BCUT2D eigenvalue weighted by Gasteiger charge is -2.23. The molecule has 0 spiro atoms. The van der Waals surface area contributed by atoms with Crippen LogP contribution in [0.3, 0.4) is 0 Å². The average Bonchev–Trinajstić information content (AvgIpc) is 3.51. The molecule has 0 unspecified atom stereocenters. The van der Waals surface area contributed by atoms with E-state index in [1.54, 1.807) is 58.0 Å². The van der Waals surface area contributed by atoms with Crippen molar-refractivity contribution >= 4 is 29.3 Å². The summed E-state index contributed by atoms with van der Waals surface area (Å²) in [6.45, 7) is 1.19. The molecule has 1 atom stereocenters. The minimum absolute atomic E-state index is 0.0826. The third kappa shape index (κ3) is 4.26. The van der Waals surface area contributed by atoms with Gasteiger partial charge < -0.3 is 5.32 Å². The van der Waals surface area contributed by atoms with E-state index < -0.39 is 29.6 Å². The van der Waals surface area contributed by atoms with Gasteiger partial charge in [0.05, 0.1) is 34.1 Å². The van der Waals surface area contributed by atoms with Crippen LogP contribution in [0.5, 0.6) is 0 Å². The summed E-state index contributed by atoms with van der Waals surface area (Å²) < 4.78 is 17.4. The number of amides is 3. The lowest BCUT2D eigenvalue weighted by atomic mass is 10.0. The summed E-state index contributed by atoms with van der Waals surface area (Å²) in [4.78, 5) is 40.5. The molecule has 2 aliphatic rings. The van der Waals surface area contributed by atoms with Gasteiger partial charge in [0.2, 0.25) is 0 Å². The van der Waals surface area contributed by atoms with Crippen LogP contribution in [0, 0.1) is 5.82 Å². The molecule has 3 amide bonds. The average molecular weight is 533 g/mol. The quantitative estimate of drug-likeness (QED) is 0.382. The number of halogens is 2. The van der Waals surface area contributed by atoms with E-state index in [1.165, 1.54) is 12.1 Å². The fourth-order valence-corrected chi connectivity index (χ4v) is 5.28. The van der Waals surface area contributed by atoms with Crippen molar-refractivity contribution in [1.82, 2.24) is 29.8 Å². The van der Waals surface area contributed by atoms with Gasteiger partial charge in [0.25, 0.3) is 17.7 Å². The van der Waals surface area contributed by atoms with Gasteiger partial charge in [0.15, 0.2) is 5.69 Å². The van der Waals surface area contributed by atoms with E-state index in [-0.39, 0.29) is 18.7 Å². The number of carbonyl (C=O) groups excluding carboxylic acids is 3. The van der Waals surface area contributed by atoms with Crippen LogP contribution in [0.25, 0.3) is 11.4 Å². The van der Waals surface area contributed by atoms with Gasteiger partial charge in [-0.15, -0.1) is 0 Å². The van der Waals surface area contributed by atoms with E-state index in [9.17, 15) is 18.8 Å². The Morgan fingerprint density at radius 2 is 1.76 bits per heavy atom. The fraction of sp³-hybridized carbons (Fsp3) is 0.222. The molecule has 2 aromatic heterocycles. The molecule has 0 fully saturated rings. The number of aromatic nitrogens is 4. The molecule has 9 nitrogen and oxygen atoms in total. The molecule has 0 bridgehead atoms. The van der Waals surface area contributed by atoms with E-state index in [0.29, 0.717) is 46.2 Å². The normalized spacial score (nSPS) is 15.1. The second-order valence-electron chi connectivity index (χ2n) is 9.33. The largest absolute Gasteiger partial charge is 0.346 e. The molecule has 38 heavy (non-hydrogen) atoms. The van der Waals surface area contributed by atoms with Crippen molar-refractivity contribution in [2.45, 2.75) is 32.0 Å². The first-order chi connectivity index (χ1) is 18.4. The van der Waals surface area contributed by atoms with Crippen LogP contribution in [-0.4, -0.2) is 54.8 Å². The lowest BCUT2D eigenvalue weighted by molar-refractivity contribution is 0.0628. The molecule has 0 radical (unpaired) electrons. The van der Waals surface area contributed by atoms with Crippen LogP contribution in [0.15, 0.2) is 60.8 Å². The third-order valence-electron chi connectivity index (χ3n) is 6.78. The predicted octanol–water partition coefficient (Wildman–Crippen LogP) is 3.58. The van der Waals surface area contributed by atoms with Crippen molar-refractivity contribution in [3.63, 3.8) is 0 Å². The highest BCUT2D eigenvalue weighted by atomic mass is 35.5. The summed E-state index contributed by atoms with van der Waals surface area (Å²) in [6, 6.07) is 13.5. The van der Waals surface area contributed by atoms with Gasteiger partial charge in [-0.2, -0.15) is 10.2 Å². The first-order valence-electron chi connectivity index (χ1n) is 12.2. The Morgan fingerprint density at radius 3 is 2.50 bits per heavy atom. The molecule has 0 aliphatic carbocycles. The molecule has 4 heterocycles. The summed E-state index contributed by atoms with van der Waals surface area (Å²) in [5.74, 6) is -1.76. The maximum absolute atomic E-state index is 13.9. The highest BCUT2D eigenvalue weighted by molar-refractivity contribution is 6.33. The molecular weight excluding hydrogens is 511 g/mol. The number of imide groups is 1. The predicted molar refractivity (Wildman–Crippen MR) is 136 cm³/mol. The second kappa shape index (κ2) is 9.53. The molecular formula is C27H22ClFN6O3. The molecule has 11 heteroatoms. The Bertz CT molecular complexity index is 1560. The molecule has 2 aliphatic heterocycles. The summed E-state index contributed by atoms with van der Waals surface area (Å²) in [5, 5.41) is 12.2. The number of hydrogen-bond donors (Lipinski definition) is 1. The zero-order valence-corrected chi connectivity index (χ0v) is 20.9. The van der Waals surface area contributed by atoms with Gasteiger partial charge in [-0.1, -0.05) is 35.9 Å². The van der Waals surface area contributed by atoms with E-state index in [0.717, 1.165) is 11.3 Å². The first-order valence-corrected chi connectivity index (χ1v) is 12.6. The van der Waals surface area contributed by atoms with Gasteiger partial charge in [0, 0.05) is 19.6 Å². The minimum atomic E-state index is -0.692. The van der Waals surface area contributed by atoms with Gasteiger partial charge in [0.1, 0.15) is 11.5 Å². The van der Waals surface area contributed by atoms with Crippen molar-refractivity contribution in [3.05, 3.63) is 94.0 Å². The molecule has 4 aromatic rings. The van der Waals surface area contributed by atoms with Crippen LogP contribution in [-0.2, 0) is 19.5 Å². The number of aryl methyl sites for hydroxylation is 2. The van der Waals surface area contributed by atoms with E-state index in [1.807, 2.05) is 0 Å². The molecule has 2 aromatic carbocycles. The van der Waals surface area contributed by atoms with Gasteiger partial charge in [-0.05, 0) is 48.7 Å². The number of carbonyl (C=O) groups is 3. The van der Waals surface area contributed by atoms with Crippen molar-refractivity contribution in [1.29, 1.82) is 0 Å². The van der Waals surface area contributed by atoms with Crippen LogP contribution in [0.1, 0.15) is 43.2 Å². The Kier molecular flexibility index (Phi) is 6.03. The van der Waals surface area contributed by atoms with Crippen molar-refractivity contribution in [2.24, 2.45) is 0 Å². The smallest absolute Gasteiger partial charge is 0.272 e. The summed E-state index contributed by atoms with van der Waals surface area (Å²) in [5.41, 5.74) is 2.79. The minimum Gasteiger partial charge on any atom is -0.346 e. The number of nitrogens with zero attached hydrogens (tertiary/aromatic N) is 5. The summed E-state index contributed by atoms with van der Waals surface area (Å²) in [7, 11) is 0. The zero-order valence-electron chi connectivity index (χ0n) is 20.1. The molecule has 0 saturated carbocycles. The summed E-state index contributed by atoms with van der Waals surface area (Å²) in [6.07, 6.45) is 2.53. The Balaban J connectivity index is 1.28. The van der Waals surface area contributed by atoms with Gasteiger partial charge in [-0.3, -0.25) is 28.6 Å². The Labute approximate surface area is 221 Å². The highest BCUT2D eigenvalue weighted by Crippen LogP contribution is 2.31. The van der Waals surface area contributed by atoms with Crippen LogP contribution in [0.2, 0.25) is 5.02 Å². The van der Waals surface area contributed by atoms with E-state index in [4.69, 9.17) is 11.6 Å². The maximum atomic E-state index is 13.9. The number of rotatable bonds is 6. The van der Waals surface area contributed by atoms with Crippen LogP contribution < -0.4 is 5.32 Å². The van der Waals surface area contributed by atoms with E-state index >= 15 is 0 Å². The zero-order chi connectivity index (χ0) is 26.4. The number of nitrogens with one attached hydrogen (secondary N) is 1. The van der Waals surface area contributed by atoms with Gasteiger partial charge >= 0.3 is 0 Å². The highest BCUT2D eigenvalue weighted by Gasteiger charge is 2.37. The standard InChI is InChI=1S/C27H22ClFN6O3/c28-21-14-30-35-10-4-9-34-23(24(21)35)13-22(32-34)25(36)31-18(12-16-5-3-6-17(29)11-16)15-33-26(37)19-7-1-2-8-20(19)27(33)38/h1-3,5-8,11,13-14,18H,4,9-10,12,15H2,(H,31,36)/t18-/m0/s1. The molecule has 0 saturated heterocycles. The molecule has 6 rings (SSSR count). The van der Waals surface area contributed by atoms with Crippen LogP contribution in [0.4, 0.5) is 4.39 Å². The topological polar surface area (TPSA) is 102 Å². The fourth-order valence-electron chi connectivity index (χ4n) is 5.04. The van der Waals surface area contributed by atoms with Gasteiger partial charge in [-0.25, -0.2) is 4.39 Å². The molecule has 192 valence electrons. The van der Waals surface area contributed by atoms with Crippen molar-refractivity contribution in [2.75, 3.05) is 6.54 Å². The number of benzene rings is 2. The Hall–Kier alpha value is -4.31.